The molecule has 0 aromatic heterocycles. The molecular formula is C17H23ClN2O4. The number of aliphatic hydroxyl groups excluding tert-OH is 1. The Kier molecular flexibility index (Phi) is 5.40. The topological polar surface area (TPSA) is 78.9 Å². The van der Waals surface area contributed by atoms with Crippen LogP contribution in [-0.2, 0) is 9.53 Å². The average molecular weight is 355 g/mol. The maximum Gasteiger partial charge on any atom is 0.411 e. The molecule has 1 aromatic carbocycles. The molecule has 132 valence electrons. The van der Waals surface area contributed by atoms with Crippen LogP contribution in [0.4, 0.5) is 10.5 Å². The van der Waals surface area contributed by atoms with Crippen molar-refractivity contribution in [3.63, 3.8) is 0 Å². The highest BCUT2D eigenvalue weighted by atomic mass is 35.5. The molecule has 1 aromatic rings. The van der Waals surface area contributed by atoms with Crippen LogP contribution in [0.2, 0.25) is 5.02 Å². The molecular weight excluding hydrogens is 332 g/mol. The number of nitrogens with one attached hydrogen (secondary N) is 1. The van der Waals surface area contributed by atoms with E-state index in [2.05, 4.69) is 5.32 Å². The van der Waals surface area contributed by atoms with E-state index in [-0.39, 0.29) is 18.9 Å². The lowest BCUT2D eigenvalue weighted by molar-refractivity contribution is -0.120. The number of aliphatic hydroxyl groups is 1. The zero-order chi connectivity index (χ0) is 18.1. The van der Waals surface area contributed by atoms with Gasteiger partial charge in [-0.2, -0.15) is 0 Å². The molecule has 0 aliphatic carbocycles. The van der Waals surface area contributed by atoms with Crippen molar-refractivity contribution in [2.75, 3.05) is 11.9 Å². The number of rotatable bonds is 2. The highest BCUT2D eigenvalue weighted by Gasteiger charge is 2.41. The van der Waals surface area contributed by atoms with E-state index in [9.17, 15) is 14.7 Å². The molecule has 0 bridgehead atoms. The number of hydrogen-bond donors (Lipinski definition) is 2. The lowest BCUT2D eigenvalue weighted by Gasteiger charge is -2.28. The van der Waals surface area contributed by atoms with Gasteiger partial charge < -0.3 is 15.2 Å². The standard InChI is InChI=1S/C17H23ClN2O4/c1-10-7-11(18)5-6-13(10)19-15(22)14-8-12(21)9-20(14)16(23)24-17(2,3)4/h5-7,12,14,21H,8-9H2,1-4H3,(H,19,22)/t12-,14-/m0/s1. The Labute approximate surface area is 146 Å². The van der Waals surface area contributed by atoms with Crippen molar-refractivity contribution < 1.29 is 19.4 Å². The highest BCUT2D eigenvalue weighted by molar-refractivity contribution is 6.30. The van der Waals surface area contributed by atoms with Crippen molar-refractivity contribution in [2.45, 2.75) is 51.9 Å². The van der Waals surface area contributed by atoms with Gasteiger partial charge in [0.15, 0.2) is 0 Å². The zero-order valence-electron chi connectivity index (χ0n) is 14.3. The molecule has 2 rings (SSSR count). The smallest absolute Gasteiger partial charge is 0.411 e. The molecule has 2 amide bonds. The minimum atomic E-state index is -0.773. The second-order valence-electron chi connectivity index (χ2n) is 6.99. The third-order valence-corrected chi connectivity index (χ3v) is 3.89. The summed E-state index contributed by atoms with van der Waals surface area (Å²) < 4.78 is 5.32. The molecule has 6 nitrogen and oxygen atoms in total. The fourth-order valence-corrected chi connectivity index (χ4v) is 2.79. The molecule has 1 aliphatic rings. The molecule has 0 spiro atoms. The fraction of sp³-hybridized carbons (Fsp3) is 0.529. The van der Waals surface area contributed by atoms with Crippen LogP contribution in [-0.4, -0.2) is 46.3 Å². The predicted molar refractivity (Wildman–Crippen MR) is 92.2 cm³/mol. The van der Waals surface area contributed by atoms with Gasteiger partial charge in [-0.1, -0.05) is 11.6 Å². The summed E-state index contributed by atoms with van der Waals surface area (Å²) in [6.45, 7) is 7.17. The number of ether oxygens (including phenoxy) is 1. The number of benzene rings is 1. The van der Waals surface area contributed by atoms with Crippen molar-refractivity contribution in [3.8, 4) is 0 Å². The lowest BCUT2D eigenvalue weighted by atomic mass is 10.1. The van der Waals surface area contributed by atoms with Crippen molar-refractivity contribution in [3.05, 3.63) is 28.8 Å². The number of hydrogen-bond acceptors (Lipinski definition) is 4. The summed E-state index contributed by atoms with van der Waals surface area (Å²) in [7, 11) is 0. The zero-order valence-corrected chi connectivity index (χ0v) is 15.1. The van der Waals surface area contributed by atoms with E-state index in [0.717, 1.165) is 5.56 Å². The summed E-state index contributed by atoms with van der Waals surface area (Å²) in [4.78, 5) is 26.1. The Morgan fingerprint density at radius 2 is 2.04 bits per heavy atom. The Bertz CT molecular complexity index is 642. The largest absolute Gasteiger partial charge is 0.444 e. The van der Waals surface area contributed by atoms with E-state index in [1.165, 1.54) is 4.90 Å². The van der Waals surface area contributed by atoms with Crippen LogP contribution in [0, 0.1) is 6.92 Å². The summed E-state index contributed by atoms with van der Waals surface area (Å²) in [6, 6.07) is 4.36. The third-order valence-electron chi connectivity index (χ3n) is 3.66. The van der Waals surface area contributed by atoms with Crippen molar-refractivity contribution in [1.82, 2.24) is 4.90 Å². The van der Waals surface area contributed by atoms with Gasteiger partial charge in [-0.15, -0.1) is 0 Å². The maximum atomic E-state index is 12.6. The number of likely N-dealkylation sites (tertiary alicyclic amines) is 1. The van der Waals surface area contributed by atoms with E-state index in [0.29, 0.717) is 10.7 Å². The molecule has 0 radical (unpaired) electrons. The van der Waals surface area contributed by atoms with Crippen molar-refractivity contribution in [1.29, 1.82) is 0 Å². The SMILES string of the molecule is Cc1cc(Cl)ccc1NC(=O)[C@@H]1C[C@H](O)CN1C(=O)OC(C)(C)C. The summed E-state index contributed by atoms with van der Waals surface area (Å²) >= 11 is 5.91. The second-order valence-corrected chi connectivity index (χ2v) is 7.42. The Hall–Kier alpha value is -1.79. The second kappa shape index (κ2) is 6.99. The first-order valence-electron chi connectivity index (χ1n) is 7.81. The van der Waals surface area contributed by atoms with Gasteiger partial charge in [0, 0.05) is 17.1 Å². The van der Waals surface area contributed by atoms with Gasteiger partial charge in [-0.25, -0.2) is 4.79 Å². The number of nitrogens with zero attached hydrogens (tertiary/aromatic N) is 1. The number of anilines is 1. The van der Waals surface area contributed by atoms with Gasteiger partial charge in [-0.3, -0.25) is 9.69 Å². The molecule has 2 atom stereocenters. The van der Waals surface area contributed by atoms with Gasteiger partial charge >= 0.3 is 6.09 Å². The lowest BCUT2D eigenvalue weighted by Crippen LogP contribution is -2.45. The Morgan fingerprint density at radius 1 is 1.38 bits per heavy atom. The first kappa shape index (κ1) is 18.5. The third kappa shape index (κ3) is 4.61. The van der Waals surface area contributed by atoms with E-state index < -0.39 is 23.8 Å². The number of amides is 2. The summed E-state index contributed by atoms with van der Waals surface area (Å²) in [5.74, 6) is -0.358. The number of carbonyl (C=O) groups excluding carboxylic acids is 2. The monoisotopic (exact) mass is 354 g/mol. The molecule has 1 saturated heterocycles. The molecule has 1 fully saturated rings. The van der Waals surface area contributed by atoms with Crippen molar-refractivity contribution >= 4 is 29.3 Å². The first-order valence-corrected chi connectivity index (χ1v) is 8.19. The number of carbonyl (C=O) groups is 2. The molecule has 1 aliphatic heterocycles. The molecule has 2 N–H and O–H groups in total. The van der Waals surface area contributed by atoms with Gasteiger partial charge in [0.25, 0.3) is 0 Å². The Balaban J connectivity index is 2.12. The Morgan fingerprint density at radius 3 is 2.62 bits per heavy atom. The first-order chi connectivity index (χ1) is 11.1. The van der Waals surface area contributed by atoms with Crippen LogP contribution >= 0.6 is 11.6 Å². The van der Waals surface area contributed by atoms with Crippen LogP contribution < -0.4 is 5.32 Å². The van der Waals surface area contributed by atoms with Gasteiger partial charge in [0.05, 0.1) is 12.6 Å². The van der Waals surface area contributed by atoms with E-state index in [4.69, 9.17) is 16.3 Å². The van der Waals surface area contributed by atoms with Crippen molar-refractivity contribution in [2.24, 2.45) is 0 Å². The van der Waals surface area contributed by atoms with E-state index >= 15 is 0 Å². The van der Waals surface area contributed by atoms with Gasteiger partial charge in [0.1, 0.15) is 11.6 Å². The number of β-amino-alcohol motifs (C(OH)–C–C–N with tert-alkyl or cyclic N) is 1. The average Bonchev–Trinajstić information content (AvgIpc) is 2.82. The predicted octanol–water partition coefficient (Wildman–Crippen LogP) is 2.96. The van der Waals surface area contributed by atoms with Gasteiger partial charge in [0.2, 0.25) is 5.91 Å². The molecule has 1 heterocycles. The van der Waals surface area contributed by atoms with Gasteiger partial charge in [-0.05, 0) is 51.5 Å². The molecule has 0 unspecified atom stereocenters. The van der Waals surface area contributed by atoms with E-state index in [1.54, 1.807) is 39.0 Å². The quantitative estimate of drug-likeness (QED) is 0.855. The number of halogens is 1. The molecule has 24 heavy (non-hydrogen) atoms. The summed E-state index contributed by atoms with van der Waals surface area (Å²) in [6.07, 6.45) is -1.18. The molecule has 7 heteroatoms. The normalized spacial score (nSPS) is 20.8. The van der Waals surface area contributed by atoms with Crippen LogP contribution in [0.3, 0.4) is 0 Å². The fourth-order valence-electron chi connectivity index (χ4n) is 2.57. The maximum absolute atomic E-state index is 12.6. The minimum absolute atomic E-state index is 0.0760. The molecule has 0 saturated carbocycles. The number of aryl methyl sites for hydroxylation is 1. The van der Waals surface area contributed by atoms with E-state index in [1.807, 2.05) is 6.92 Å². The summed E-state index contributed by atoms with van der Waals surface area (Å²) in [5, 5.41) is 13.2. The van der Waals surface area contributed by atoms with Crippen LogP contribution in [0.5, 0.6) is 0 Å². The highest BCUT2D eigenvalue weighted by Crippen LogP contribution is 2.24. The van der Waals surface area contributed by atoms with Crippen LogP contribution in [0.1, 0.15) is 32.8 Å². The van der Waals surface area contributed by atoms with Crippen LogP contribution in [0.25, 0.3) is 0 Å². The minimum Gasteiger partial charge on any atom is -0.444 e. The summed E-state index contributed by atoms with van der Waals surface area (Å²) in [5.41, 5.74) is 0.770. The van der Waals surface area contributed by atoms with Crippen LogP contribution in [0.15, 0.2) is 18.2 Å².